The molecule has 0 radical (unpaired) electrons. The molecular formula is C20H30N6O4. The van der Waals surface area contributed by atoms with Crippen LogP contribution in [0.3, 0.4) is 0 Å². The van der Waals surface area contributed by atoms with Gasteiger partial charge in [0.1, 0.15) is 11.4 Å². The Kier molecular flexibility index (Phi) is 7.76. The maximum Gasteiger partial charge on any atom is 0.408 e. The zero-order chi connectivity index (χ0) is 22.3. The van der Waals surface area contributed by atoms with E-state index in [1.807, 2.05) is 0 Å². The van der Waals surface area contributed by atoms with Crippen molar-refractivity contribution in [2.75, 3.05) is 32.6 Å². The maximum absolute atomic E-state index is 12.2. The van der Waals surface area contributed by atoms with Gasteiger partial charge in [-0.25, -0.2) is 9.78 Å². The minimum atomic E-state index is -0.603. The number of hydrogen-bond donors (Lipinski definition) is 5. The second kappa shape index (κ2) is 10.1. The van der Waals surface area contributed by atoms with Crippen LogP contribution in [0.1, 0.15) is 42.4 Å². The number of allylic oxidation sites excluding steroid dienone is 1. The third-order valence-corrected chi connectivity index (χ3v) is 4.11. The SMILES string of the molecule is CN/C=C(\C=N)c1nc(NCC(COC)NC(=O)OC(C)(C)C)cc2c1C(=O)NC2. The molecule has 2 rings (SSSR count). The summed E-state index contributed by atoms with van der Waals surface area (Å²) in [7, 11) is 3.26. The Morgan fingerprint density at radius 2 is 2.17 bits per heavy atom. The van der Waals surface area contributed by atoms with Crippen LogP contribution in [-0.4, -0.2) is 62.2 Å². The molecule has 2 amide bonds. The summed E-state index contributed by atoms with van der Waals surface area (Å²) < 4.78 is 10.5. The van der Waals surface area contributed by atoms with Crippen molar-refractivity contribution in [2.24, 2.45) is 0 Å². The average molecular weight is 418 g/mol. The summed E-state index contributed by atoms with van der Waals surface area (Å²) in [6.45, 7) is 6.37. The lowest BCUT2D eigenvalue weighted by molar-refractivity contribution is 0.0474. The molecule has 1 atom stereocenters. The van der Waals surface area contributed by atoms with Crippen molar-refractivity contribution in [3.05, 3.63) is 29.1 Å². The van der Waals surface area contributed by atoms with Crippen molar-refractivity contribution in [3.63, 3.8) is 0 Å². The van der Waals surface area contributed by atoms with Gasteiger partial charge in [0.2, 0.25) is 0 Å². The minimum absolute atomic E-state index is 0.216. The summed E-state index contributed by atoms with van der Waals surface area (Å²) in [5.74, 6) is 0.308. The Labute approximate surface area is 176 Å². The van der Waals surface area contributed by atoms with Crippen molar-refractivity contribution in [2.45, 2.75) is 39.0 Å². The predicted molar refractivity (Wildman–Crippen MR) is 115 cm³/mol. The van der Waals surface area contributed by atoms with Crippen LogP contribution in [0.5, 0.6) is 0 Å². The van der Waals surface area contributed by atoms with Gasteiger partial charge in [-0.15, -0.1) is 0 Å². The number of ether oxygens (including phenoxy) is 2. The highest BCUT2D eigenvalue weighted by atomic mass is 16.6. The first-order valence-electron chi connectivity index (χ1n) is 9.61. The van der Waals surface area contributed by atoms with Gasteiger partial charge in [0, 0.05) is 45.2 Å². The number of hydrogen-bond acceptors (Lipinski definition) is 8. The second-order valence-corrected chi connectivity index (χ2v) is 7.78. The molecule has 0 fully saturated rings. The van der Waals surface area contributed by atoms with Crippen molar-refractivity contribution in [3.8, 4) is 0 Å². The fraction of sp³-hybridized carbons (Fsp3) is 0.500. The lowest BCUT2D eigenvalue weighted by Crippen LogP contribution is -2.45. The Bertz CT molecular complexity index is 831. The van der Waals surface area contributed by atoms with E-state index in [1.54, 1.807) is 47.2 Å². The normalized spacial score (nSPS) is 14.4. The van der Waals surface area contributed by atoms with E-state index >= 15 is 0 Å². The number of nitrogens with zero attached hydrogens (tertiary/aromatic N) is 1. The van der Waals surface area contributed by atoms with Crippen LogP contribution in [0.25, 0.3) is 5.57 Å². The largest absolute Gasteiger partial charge is 0.444 e. The summed E-state index contributed by atoms with van der Waals surface area (Å²) >= 11 is 0. The van der Waals surface area contributed by atoms with Crippen LogP contribution in [-0.2, 0) is 16.0 Å². The molecule has 0 spiro atoms. The first-order valence-corrected chi connectivity index (χ1v) is 9.61. The van der Waals surface area contributed by atoms with Gasteiger partial charge in [-0.05, 0) is 32.4 Å². The lowest BCUT2D eigenvalue weighted by Gasteiger charge is -2.24. The monoisotopic (exact) mass is 418 g/mol. The van der Waals surface area contributed by atoms with Crippen LogP contribution in [0, 0.1) is 5.41 Å². The van der Waals surface area contributed by atoms with Gasteiger partial charge in [-0.3, -0.25) is 4.79 Å². The quantitative estimate of drug-likeness (QED) is 0.383. The van der Waals surface area contributed by atoms with Gasteiger partial charge in [-0.2, -0.15) is 0 Å². The first kappa shape index (κ1) is 23.1. The molecule has 0 saturated heterocycles. The molecule has 1 aromatic rings. The van der Waals surface area contributed by atoms with E-state index in [-0.39, 0.29) is 18.6 Å². The summed E-state index contributed by atoms with van der Waals surface area (Å²) in [5, 5.41) is 19.3. The summed E-state index contributed by atoms with van der Waals surface area (Å²) in [5.41, 5.74) is 1.55. The van der Waals surface area contributed by atoms with Gasteiger partial charge in [0.25, 0.3) is 5.91 Å². The van der Waals surface area contributed by atoms with Gasteiger partial charge in [-0.1, -0.05) is 0 Å². The zero-order valence-electron chi connectivity index (χ0n) is 18.0. The maximum atomic E-state index is 12.2. The Hall–Kier alpha value is -3.14. The van der Waals surface area contributed by atoms with E-state index in [0.29, 0.717) is 35.7 Å². The lowest BCUT2D eigenvalue weighted by atomic mass is 10.0. The summed E-state index contributed by atoms with van der Waals surface area (Å²) in [4.78, 5) is 28.9. The van der Waals surface area contributed by atoms with E-state index in [4.69, 9.17) is 14.9 Å². The number of anilines is 1. The second-order valence-electron chi connectivity index (χ2n) is 7.78. The van der Waals surface area contributed by atoms with Gasteiger partial charge >= 0.3 is 6.09 Å². The molecule has 0 bridgehead atoms. The molecule has 30 heavy (non-hydrogen) atoms. The third-order valence-electron chi connectivity index (χ3n) is 4.11. The van der Waals surface area contributed by atoms with Gasteiger partial charge in [0.05, 0.1) is 23.9 Å². The van der Waals surface area contributed by atoms with Crippen molar-refractivity contribution in [1.82, 2.24) is 20.9 Å². The summed E-state index contributed by atoms with van der Waals surface area (Å²) in [6.07, 6.45) is 2.22. The van der Waals surface area contributed by atoms with E-state index in [0.717, 1.165) is 11.8 Å². The highest BCUT2D eigenvalue weighted by molar-refractivity contribution is 6.13. The standard InChI is InChI=1S/C20H30N6O4/c1-20(2,3)30-19(28)25-14(11-29-5)10-23-15-6-12-9-24-18(27)16(12)17(26-15)13(7-21)8-22-4/h6-8,14,21-22H,9-11H2,1-5H3,(H,23,26)(H,24,27)(H,25,28)/b13-8+,21-7?. The molecule has 5 N–H and O–H groups in total. The van der Waals surface area contributed by atoms with Crippen LogP contribution < -0.4 is 21.3 Å². The van der Waals surface area contributed by atoms with E-state index in [2.05, 4.69) is 26.3 Å². The topological polar surface area (TPSA) is 137 Å². The number of alkyl carbamates (subject to hydrolysis) is 1. The number of methoxy groups -OCH3 is 1. The van der Waals surface area contributed by atoms with Gasteiger partial charge in [0.15, 0.2) is 0 Å². The first-order chi connectivity index (χ1) is 14.2. The van der Waals surface area contributed by atoms with Crippen LogP contribution in [0.15, 0.2) is 12.3 Å². The fourth-order valence-electron chi connectivity index (χ4n) is 2.94. The molecule has 1 aliphatic heterocycles. The van der Waals surface area contributed by atoms with Crippen molar-refractivity contribution < 1.29 is 19.1 Å². The molecule has 164 valence electrons. The molecule has 2 heterocycles. The summed E-state index contributed by atoms with van der Waals surface area (Å²) in [6, 6.07) is 1.42. The molecule has 10 heteroatoms. The highest BCUT2D eigenvalue weighted by Crippen LogP contribution is 2.26. The number of pyridine rings is 1. The molecule has 1 aromatic heterocycles. The van der Waals surface area contributed by atoms with Crippen molar-refractivity contribution >= 4 is 29.6 Å². The molecule has 0 aromatic carbocycles. The van der Waals surface area contributed by atoms with E-state index < -0.39 is 11.7 Å². The van der Waals surface area contributed by atoms with Crippen LogP contribution in [0.2, 0.25) is 0 Å². The number of carbonyl (C=O) groups excluding carboxylic acids is 2. The number of rotatable bonds is 9. The number of aromatic nitrogens is 1. The number of carbonyl (C=O) groups is 2. The smallest absolute Gasteiger partial charge is 0.408 e. The third kappa shape index (κ3) is 6.18. The highest BCUT2D eigenvalue weighted by Gasteiger charge is 2.26. The minimum Gasteiger partial charge on any atom is -0.444 e. The van der Waals surface area contributed by atoms with Gasteiger partial charge < -0.3 is 36.2 Å². The number of amides is 2. The Morgan fingerprint density at radius 1 is 1.43 bits per heavy atom. The number of nitrogens with one attached hydrogen (secondary N) is 5. The Balaban J connectivity index is 2.21. The average Bonchev–Trinajstić information content (AvgIpc) is 3.03. The number of fused-ring (bicyclic) bond motifs is 1. The fourth-order valence-corrected chi connectivity index (χ4v) is 2.94. The van der Waals surface area contributed by atoms with Crippen LogP contribution >= 0.6 is 0 Å². The predicted octanol–water partition coefficient (Wildman–Crippen LogP) is 1.49. The Morgan fingerprint density at radius 3 is 2.77 bits per heavy atom. The molecule has 10 nitrogen and oxygen atoms in total. The molecule has 1 aliphatic rings. The molecular weight excluding hydrogens is 388 g/mol. The molecule has 1 unspecified atom stereocenters. The van der Waals surface area contributed by atoms with E-state index in [9.17, 15) is 9.59 Å². The molecule has 0 saturated carbocycles. The molecule has 0 aliphatic carbocycles. The van der Waals surface area contributed by atoms with Crippen molar-refractivity contribution in [1.29, 1.82) is 5.41 Å². The van der Waals surface area contributed by atoms with E-state index in [1.165, 1.54) is 0 Å². The zero-order valence-corrected chi connectivity index (χ0v) is 18.0. The van der Waals surface area contributed by atoms with Crippen LogP contribution in [0.4, 0.5) is 10.6 Å².